The lowest BCUT2D eigenvalue weighted by Gasteiger charge is -2.15. The average Bonchev–Trinajstić information content (AvgIpc) is 3.19. The SMILES string of the molecule is Cc1ccc(NC(=S)n2c(C)cc(=O)n2/C=C2\SC(=S)N(c3ccc(Cl)cc3)C2=O)cc1. The number of nitrogens with zero attached hydrogens (tertiary/aromatic N) is 3. The Morgan fingerprint density at radius 2 is 1.72 bits per heavy atom. The van der Waals surface area contributed by atoms with E-state index in [1.807, 2.05) is 31.2 Å². The first-order valence-corrected chi connectivity index (χ1v) is 11.5. The summed E-state index contributed by atoms with van der Waals surface area (Å²) in [6.07, 6.45) is 1.47. The van der Waals surface area contributed by atoms with Crippen molar-refractivity contribution >= 4 is 80.7 Å². The number of amides is 1. The fraction of sp³-hybridized carbons (Fsp3) is 0.0909. The van der Waals surface area contributed by atoms with E-state index in [-0.39, 0.29) is 11.5 Å². The second-order valence-corrected chi connectivity index (χ2v) is 9.55. The van der Waals surface area contributed by atoms with Gasteiger partial charge in [-0.05, 0) is 62.5 Å². The lowest BCUT2D eigenvalue weighted by molar-refractivity contribution is -0.113. The van der Waals surface area contributed by atoms with Crippen LogP contribution >= 0.6 is 47.8 Å². The minimum atomic E-state index is -0.322. The Hall–Kier alpha value is -2.72. The lowest BCUT2D eigenvalue weighted by atomic mass is 10.2. The first-order chi connectivity index (χ1) is 15.2. The molecule has 2 heterocycles. The van der Waals surface area contributed by atoms with Gasteiger partial charge in [-0.3, -0.25) is 14.5 Å². The number of aryl methyl sites for hydroxylation is 2. The Morgan fingerprint density at radius 1 is 1.06 bits per heavy atom. The molecule has 0 saturated carbocycles. The summed E-state index contributed by atoms with van der Waals surface area (Å²) < 4.78 is 3.23. The van der Waals surface area contributed by atoms with Crippen molar-refractivity contribution in [3.8, 4) is 0 Å². The van der Waals surface area contributed by atoms with E-state index in [0.29, 0.717) is 30.7 Å². The maximum Gasteiger partial charge on any atom is 0.272 e. The monoisotopic (exact) mass is 500 g/mol. The number of benzene rings is 2. The van der Waals surface area contributed by atoms with E-state index in [9.17, 15) is 9.59 Å². The number of rotatable bonds is 3. The van der Waals surface area contributed by atoms with Crippen molar-refractivity contribution in [2.75, 3.05) is 10.2 Å². The van der Waals surface area contributed by atoms with E-state index in [1.165, 1.54) is 21.8 Å². The molecule has 1 saturated heterocycles. The molecule has 0 atom stereocenters. The maximum atomic E-state index is 13.1. The third-order valence-electron chi connectivity index (χ3n) is 4.72. The zero-order valence-electron chi connectivity index (χ0n) is 17.0. The summed E-state index contributed by atoms with van der Waals surface area (Å²) in [5, 5.41) is 3.99. The Kier molecular flexibility index (Phi) is 6.34. The third kappa shape index (κ3) is 4.42. The van der Waals surface area contributed by atoms with E-state index in [1.54, 1.807) is 35.9 Å². The topological polar surface area (TPSA) is 59.3 Å². The molecule has 32 heavy (non-hydrogen) atoms. The molecule has 162 valence electrons. The van der Waals surface area contributed by atoms with E-state index in [0.717, 1.165) is 23.0 Å². The van der Waals surface area contributed by atoms with Gasteiger partial charge >= 0.3 is 0 Å². The minimum Gasteiger partial charge on any atom is -0.331 e. The number of aromatic nitrogens is 2. The fourth-order valence-electron chi connectivity index (χ4n) is 3.15. The number of anilines is 2. The summed E-state index contributed by atoms with van der Waals surface area (Å²) in [7, 11) is 0. The van der Waals surface area contributed by atoms with Crippen molar-refractivity contribution < 1.29 is 4.79 Å². The molecule has 0 radical (unpaired) electrons. The van der Waals surface area contributed by atoms with E-state index >= 15 is 0 Å². The zero-order chi connectivity index (χ0) is 23.0. The number of carbonyl (C=O) groups excluding carboxylic acids is 1. The van der Waals surface area contributed by atoms with E-state index in [4.69, 9.17) is 36.0 Å². The molecule has 1 aliphatic heterocycles. The molecule has 0 unspecified atom stereocenters. The van der Waals surface area contributed by atoms with Gasteiger partial charge in [0.15, 0.2) is 9.43 Å². The Labute approximate surface area is 204 Å². The van der Waals surface area contributed by atoms with Crippen molar-refractivity contribution in [3.05, 3.63) is 86.1 Å². The van der Waals surface area contributed by atoms with Gasteiger partial charge in [-0.25, -0.2) is 9.36 Å². The number of thioether (sulfide) groups is 1. The molecule has 0 spiro atoms. The van der Waals surface area contributed by atoms with Gasteiger partial charge in [0.1, 0.15) is 0 Å². The molecular weight excluding hydrogens is 484 g/mol. The van der Waals surface area contributed by atoms with Crippen LogP contribution in [0, 0.1) is 13.8 Å². The number of hydrogen-bond acceptors (Lipinski definition) is 5. The highest BCUT2D eigenvalue weighted by atomic mass is 35.5. The van der Waals surface area contributed by atoms with Crippen LogP contribution in [0.5, 0.6) is 0 Å². The van der Waals surface area contributed by atoms with Crippen LogP contribution in [0.25, 0.3) is 6.20 Å². The van der Waals surface area contributed by atoms with Crippen molar-refractivity contribution in [1.82, 2.24) is 9.36 Å². The molecule has 1 fully saturated rings. The first kappa shape index (κ1) is 22.5. The van der Waals surface area contributed by atoms with Crippen LogP contribution in [0.3, 0.4) is 0 Å². The van der Waals surface area contributed by atoms with Crippen LogP contribution in [-0.4, -0.2) is 24.7 Å². The molecule has 0 bridgehead atoms. The van der Waals surface area contributed by atoms with Crippen LogP contribution in [0.4, 0.5) is 11.4 Å². The summed E-state index contributed by atoms with van der Waals surface area (Å²) in [6, 6.07) is 16.0. The number of hydrogen-bond donors (Lipinski definition) is 1. The smallest absolute Gasteiger partial charge is 0.272 e. The average molecular weight is 501 g/mol. The second-order valence-electron chi connectivity index (χ2n) is 7.05. The summed E-state index contributed by atoms with van der Waals surface area (Å²) in [5.41, 5.74) is 2.84. The fourth-order valence-corrected chi connectivity index (χ4v) is 4.88. The van der Waals surface area contributed by atoms with Gasteiger partial charge in [-0.15, -0.1) is 0 Å². The molecule has 1 N–H and O–H groups in total. The predicted molar refractivity (Wildman–Crippen MR) is 140 cm³/mol. The quantitative estimate of drug-likeness (QED) is 0.402. The number of thiocarbonyl (C=S) groups is 2. The molecule has 2 aromatic carbocycles. The molecular formula is C22H17ClN4O2S3. The van der Waals surface area contributed by atoms with Crippen LogP contribution < -0.4 is 15.8 Å². The molecule has 1 aromatic heterocycles. The molecule has 0 aliphatic carbocycles. The van der Waals surface area contributed by atoms with Crippen molar-refractivity contribution in [1.29, 1.82) is 0 Å². The zero-order valence-corrected chi connectivity index (χ0v) is 20.2. The molecule has 1 aliphatic rings. The highest BCUT2D eigenvalue weighted by Crippen LogP contribution is 2.35. The Balaban J connectivity index is 1.67. The van der Waals surface area contributed by atoms with Gasteiger partial charge in [-0.2, -0.15) is 0 Å². The standard InChI is InChI=1S/C22H17ClN4O2S3/c1-13-3-7-16(8-4-13)24-21(30)27-14(2)11-19(28)25(27)12-18-20(29)26(22(31)32-18)17-9-5-15(23)6-10-17/h3-12H,1-2H3,(H,24,30)/b18-12-. The third-order valence-corrected chi connectivity index (χ3v) is 6.54. The minimum absolute atomic E-state index is 0.304. The van der Waals surface area contributed by atoms with Gasteiger partial charge in [-0.1, -0.05) is 53.3 Å². The van der Waals surface area contributed by atoms with Gasteiger partial charge < -0.3 is 5.32 Å². The number of carbonyl (C=O) groups is 1. The maximum absolute atomic E-state index is 13.1. The molecule has 1 amide bonds. The summed E-state index contributed by atoms with van der Waals surface area (Å²) in [5.74, 6) is -0.322. The van der Waals surface area contributed by atoms with Gasteiger partial charge in [0.2, 0.25) is 0 Å². The predicted octanol–water partition coefficient (Wildman–Crippen LogP) is 5.03. The molecule has 6 nitrogen and oxygen atoms in total. The van der Waals surface area contributed by atoms with E-state index < -0.39 is 0 Å². The molecule has 4 rings (SSSR count). The Morgan fingerprint density at radius 3 is 2.38 bits per heavy atom. The summed E-state index contributed by atoms with van der Waals surface area (Å²) in [4.78, 5) is 27.4. The van der Waals surface area contributed by atoms with Crippen LogP contribution in [0.2, 0.25) is 5.02 Å². The van der Waals surface area contributed by atoms with Gasteiger partial charge in [0.05, 0.1) is 16.8 Å². The van der Waals surface area contributed by atoms with E-state index in [2.05, 4.69) is 5.32 Å². The van der Waals surface area contributed by atoms with Crippen molar-refractivity contribution in [2.24, 2.45) is 0 Å². The lowest BCUT2D eigenvalue weighted by Crippen LogP contribution is -2.30. The largest absolute Gasteiger partial charge is 0.331 e. The second kappa shape index (κ2) is 9.03. The van der Waals surface area contributed by atoms with Crippen molar-refractivity contribution in [2.45, 2.75) is 13.8 Å². The number of nitrogens with one attached hydrogen (secondary N) is 1. The Bertz CT molecular complexity index is 1320. The van der Waals surface area contributed by atoms with Gasteiger partial charge in [0, 0.05) is 22.5 Å². The van der Waals surface area contributed by atoms with Crippen LogP contribution in [0.15, 0.2) is 64.3 Å². The summed E-state index contributed by atoms with van der Waals surface area (Å²) in [6.45, 7) is 3.77. The highest BCUT2D eigenvalue weighted by Gasteiger charge is 2.34. The molecule has 10 heteroatoms. The summed E-state index contributed by atoms with van der Waals surface area (Å²) >= 11 is 18.0. The number of halogens is 1. The first-order valence-electron chi connectivity index (χ1n) is 9.47. The highest BCUT2D eigenvalue weighted by molar-refractivity contribution is 8.27. The van der Waals surface area contributed by atoms with Crippen LogP contribution in [-0.2, 0) is 4.79 Å². The van der Waals surface area contributed by atoms with Crippen LogP contribution in [0.1, 0.15) is 11.3 Å². The van der Waals surface area contributed by atoms with Gasteiger partial charge in [0.25, 0.3) is 11.5 Å². The molecule has 3 aromatic rings. The normalized spacial score (nSPS) is 15.0. The van der Waals surface area contributed by atoms with Crippen molar-refractivity contribution in [3.63, 3.8) is 0 Å².